The number of aliphatic carboxylic acids is 1. The van der Waals surface area contributed by atoms with Crippen LogP contribution in [0.25, 0.3) is 0 Å². The number of allylic oxidation sites excluding steroid dienone is 2. The average Bonchev–Trinajstić information content (AvgIpc) is 1.93. The molecular formula is C9H14O2. The maximum Gasteiger partial charge on any atom is 0.303 e. The van der Waals surface area contributed by atoms with Gasteiger partial charge in [-0.15, -0.1) is 0 Å². The molecule has 0 spiro atoms. The summed E-state index contributed by atoms with van der Waals surface area (Å²) in [7, 11) is 0. The molecule has 2 heteroatoms. The predicted molar refractivity (Wildman–Crippen MR) is 43.3 cm³/mol. The van der Waals surface area contributed by atoms with E-state index in [9.17, 15) is 4.79 Å². The minimum absolute atomic E-state index is 0.325. The summed E-state index contributed by atoms with van der Waals surface area (Å²) in [4.78, 5) is 10.4. The number of rotatable bonds is 2. The summed E-state index contributed by atoms with van der Waals surface area (Å²) in [6.45, 7) is 2.09. The largest absolute Gasteiger partial charge is 0.481 e. The van der Waals surface area contributed by atoms with Gasteiger partial charge in [0.25, 0.3) is 0 Å². The second kappa shape index (κ2) is 3.56. The van der Waals surface area contributed by atoms with Crippen LogP contribution in [0.1, 0.15) is 26.2 Å². The van der Waals surface area contributed by atoms with Crippen LogP contribution < -0.4 is 0 Å². The minimum Gasteiger partial charge on any atom is -0.481 e. The molecule has 0 amide bonds. The van der Waals surface area contributed by atoms with Crippen molar-refractivity contribution in [2.24, 2.45) is 11.8 Å². The van der Waals surface area contributed by atoms with Crippen molar-refractivity contribution in [3.63, 3.8) is 0 Å². The summed E-state index contributed by atoms with van der Waals surface area (Å²) in [5.41, 5.74) is 0. The molecule has 1 aliphatic carbocycles. The third kappa shape index (κ3) is 2.37. The molecule has 0 saturated carbocycles. The van der Waals surface area contributed by atoms with Crippen LogP contribution in [0, 0.1) is 11.8 Å². The summed E-state index contributed by atoms with van der Waals surface area (Å²) in [6.07, 6.45) is 6.66. The van der Waals surface area contributed by atoms with E-state index >= 15 is 0 Å². The molecule has 0 heterocycles. The van der Waals surface area contributed by atoms with E-state index in [2.05, 4.69) is 19.1 Å². The Kier molecular flexibility index (Phi) is 2.69. The predicted octanol–water partition coefficient (Wildman–Crippen LogP) is 2.06. The van der Waals surface area contributed by atoms with Gasteiger partial charge in [0.05, 0.1) is 0 Å². The van der Waals surface area contributed by atoms with Crippen LogP contribution in [0.5, 0.6) is 0 Å². The van der Waals surface area contributed by atoms with Crippen molar-refractivity contribution in [3.8, 4) is 0 Å². The Hall–Kier alpha value is -0.790. The normalized spacial score (nSPS) is 30.3. The van der Waals surface area contributed by atoms with Gasteiger partial charge in [0, 0.05) is 6.42 Å². The third-order valence-electron chi connectivity index (χ3n) is 2.32. The van der Waals surface area contributed by atoms with Crippen molar-refractivity contribution in [1.29, 1.82) is 0 Å². The topological polar surface area (TPSA) is 37.3 Å². The van der Waals surface area contributed by atoms with Gasteiger partial charge in [-0.25, -0.2) is 0 Å². The maximum absolute atomic E-state index is 10.4. The van der Waals surface area contributed by atoms with Crippen molar-refractivity contribution >= 4 is 5.97 Å². The molecule has 1 aliphatic rings. The monoisotopic (exact) mass is 154 g/mol. The third-order valence-corrected chi connectivity index (χ3v) is 2.32. The van der Waals surface area contributed by atoms with E-state index in [1.807, 2.05) is 0 Å². The lowest BCUT2D eigenvalue weighted by Gasteiger charge is -2.22. The molecular weight excluding hydrogens is 140 g/mol. The van der Waals surface area contributed by atoms with Gasteiger partial charge in [-0.3, -0.25) is 4.79 Å². The molecule has 2 unspecified atom stereocenters. The first-order valence-corrected chi connectivity index (χ1v) is 4.08. The molecule has 0 bridgehead atoms. The van der Waals surface area contributed by atoms with Crippen molar-refractivity contribution < 1.29 is 9.90 Å². The summed E-state index contributed by atoms with van der Waals surface area (Å²) < 4.78 is 0. The van der Waals surface area contributed by atoms with Gasteiger partial charge >= 0.3 is 5.97 Å². The van der Waals surface area contributed by atoms with Crippen LogP contribution in [-0.2, 0) is 4.79 Å². The lowest BCUT2D eigenvalue weighted by molar-refractivity contribution is -0.138. The molecule has 1 N–H and O–H groups in total. The molecule has 2 nitrogen and oxygen atoms in total. The Labute approximate surface area is 66.9 Å². The Bertz CT molecular complexity index is 172. The molecule has 0 saturated heterocycles. The van der Waals surface area contributed by atoms with Gasteiger partial charge < -0.3 is 5.11 Å². The number of carbonyl (C=O) groups is 1. The first-order chi connectivity index (χ1) is 5.20. The van der Waals surface area contributed by atoms with Crippen LogP contribution in [0.15, 0.2) is 12.2 Å². The first-order valence-electron chi connectivity index (χ1n) is 4.08. The van der Waals surface area contributed by atoms with Crippen molar-refractivity contribution in [2.75, 3.05) is 0 Å². The van der Waals surface area contributed by atoms with Crippen molar-refractivity contribution in [2.45, 2.75) is 26.2 Å². The van der Waals surface area contributed by atoms with Crippen molar-refractivity contribution in [3.05, 3.63) is 12.2 Å². The minimum atomic E-state index is -0.669. The molecule has 0 aromatic rings. The Morgan fingerprint density at radius 3 is 3.00 bits per heavy atom. The second-order valence-electron chi connectivity index (χ2n) is 3.22. The zero-order valence-electron chi connectivity index (χ0n) is 6.79. The molecule has 0 aromatic heterocycles. The zero-order chi connectivity index (χ0) is 8.27. The van der Waals surface area contributed by atoms with E-state index in [-0.39, 0.29) is 0 Å². The van der Waals surface area contributed by atoms with Gasteiger partial charge in [0.1, 0.15) is 0 Å². The maximum atomic E-state index is 10.4. The average molecular weight is 154 g/mol. The molecule has 0 aromatic carbocycles. The van der Waals surface area contributed by atoms with E-state index in [0.29, 0.717) is 18.3 Å². The summed E-state index contributed by atoms with van der Waals surface area (Å²) in [5, 5.41) is 8.56. The zero-order valence-corrected chi connectivity index (χ0v) is 6.79. The van der Waals surface area contributed by atoms with Crippen LogP contribution in [-0.4, -0.2) is 11.1 Å². The summed E-state index contributed by atoms with van der Waals surface area (Å²) >= 11 is 0. The van der Waals surface area contributed by atoms with E-state index in [0.717, 1.165) is 12.8 Å². The number of carboxylic acids is 1. The standard InChI is InChI=1S/C9H14O2/c1-7-4-2-3-5-8(7)6-9(10)11/h2,4,7-8H,3,5-6H2,1H3,(H,10,11). The van der Waals surface area contributed by atoms with Crippen LogP contribution >= 0.6 is 0 Å². The van der Waals surface area contributed by atoms with Crippen molar-refractivity contribution in [1.82, 2.24) is 0 Å². The quantitative estimate of drug-likeness (QED) is 0.618. The Morgan fingerprint density at radius 1 is 1.73 bits per heavy atom. The molecule has 62 valence electrons. The highest BCUT2D eigenvalue weighted by atomic mass is 16.4. The van der Waals surface area contributed by atoms with Gasteiger partial charge in [-0.05, 0) is 24.7 Å². The van der Waals surface area contributed by atoms with E-state index in [1.54, 1.807) is 0 Å². The number of hydrogen-bond acceptors (Lipinski definition) is 1. The fourth-order valence-corrected chi connectivity index (χ4v) is 1.55. The molecule has 0 fully saturated rings. The van der Waals surface area contributed by atoms with Crippen LogP contribution in [0.2, 0.25) is 0 Å². The fourth-order valence-electron chi connectivity index (χ4n) is 1.55. The van der Waals surface area contributed by atoms with Gasteiger partial charge in [-0.2, -0.15) is 0 Å². The van der Waals surface area contributed by atoms with E-state index < -0.39 is 5.97 Å². The molecule has 0 radical (unpaired) electrons. The highest BCUT2D eigenvalue weighted by Crippen LogP contribution is 2.26. The van der Waals surface area contributed by atoms with E-state index in [1.165, 1.54) is 0 Å². The number of carboxylic acid groups (broad SMARTS) is 1. The Balaban J connectivity index is 2.45. The SMILES string of the molecule is CC1C=CCCC1CC(=O)O. The summed E-state index contributed by atoms with van der Waals surface area (Å²) in [6, 6.07) is 0. The molecule has 2 atom stereocenters. The lowest BCUT2D eigenvalue weighted by Crippen LogP contribution is -2.16. The lowest BCUT2D eigenvalue weighted by atomic mass is 9.83. The Morgan fingerprint density at radius 2 is 2.45 bits per heavy atom. The second-order valence-corrected chi connectivity index (χ2v) is 3.22. The van der Waals surface area contributed by atoms with Gasteiger partial charge in [0.15, 0.2) is 0 Å². The van der Waals surface area contributed by atoms with Gasteiger partial charge in [-0.1, -0.05) is 19.1 Å². The number of hydrogen-bond donors (Lipinski definition) is 1. The molecule has 11 heavy (non-hydrogen) atoms. The molecule has 1 rings (SSSR count). The summed E-state index contributed by atoms with van der Waals surface area (Å²) in [5.74, 6) is 0.134. The van der Waals surface area contributed by atoms with Gasteiger partial charge in [0.2, 0.25) is 0 Å². The molecule has 0 aliphatic heterocycles. The van der Waals surface area contributed by atoms with Crippen LogP contribution in [0.4, 0.5) is 0 Å². The fraction of sp³-hybridized carbons (Fsp3) is 0.667. The van der Waals surface area contributed by atoms with E-state index in [4.69, 9.17) is 5.11 Å². The smallest absolute Gasteiger partial charge is 0.303 e. The highest BCUT2D eigenvalue weighted by molar-refractivity contribution is 5.67. The highest BCUT2D eigenvalue weighted by Gasteiger charge is 2.19. The van der Waals surface area contributed by atoms with Crippen LogP contribution in [0.3, 0.4) is 0 Å². The first kappa shape index (κ1) is 8.31.